The summed E-state index contributed by atoms with van der Waals surface area (Å²) < 4.78 is 18.9. The molecule has 0 heterocycles. The summed E-state index contributed by atoms with van der Waals surface area (Å²) in [6.07, 6.45) is 2.46. The van der Waals surface area contributed by atoms with Gasteiger partial charge in [0.25, 0.3) is 0 Å². The SMILES string of the molecule is OCCCCc1cc(OCc2ccccc2)c(OCc2ccccc2)c(OCc2ccccc2)c1. The molecule has 0 aliphatic carbocycles. The lowest BCUT2D eigenvalue weighted by Gasteiger charge is -2.19. The number of aliphatic hydroxyl groups excluding tert-OH is 1. The van der Waals surface area contributed by atoms with Crippen LogP contribution in [0.15, 0.2) is 103 Å². The molecule has 4 aromatic rings. The third kappa shape index (κ3) is 7.62. The number of hydrogen-bond acceptors (Lipinski definition) is 4. The number of aliphatic hydroxyl groups is 1. The summed E-state index contributed by atoms with van der Waals surface area (Å²) in [6, 6.07) is 34.3. The van der Waals surface area contributed by atoms with E-state index in [0.29, 0.717) is 37.1 Å². The molecule has 4 rings (SSSR count). The van der Waals surface area contributed by atoms with E-state index >= 15 is 0 Å². The van der Waals surface area contributed by atoms with E-state index in [1.165, 1.54) is 0 Å². The number of benzene rings is 4. The van der Waals surface area contributed by atoms with Gasteiger partial charge in [0.1, 0.15) is 19.8 Å². The summed E-state index contributed by atoms with van der Waals surface area (Å²) in [5, 5.41) is 9.23. The molecule has 0 aromatic heterocycles. The van der Waals surface area contributed by atoms with E-state index in [4.69, 9.17) is 14.2 Å². The van der Waals surface area contributed by atoms with E-state index in [-0.39, 0.29) is 6.61 Å². The standard InChI is InChI=1S/C31H32O4/c32-19-11-10-18-28-20-29(33-22-25-12-4-1-5-13-25)31(35-24-27-16-8-3-9-17-27)30(21-28)34-23-26-14-6-2-7-15-26/h1-9,12-17,20-21,32H,10-11,18-19,22-24H2. The van der Waals surface area contributed by atoms with Crippen LogP contribution in [0.4, 0.5) is 0 Å². The molecule has 0 saturated heterocycles. The summed E-state index contributed by atoms with van der Waals surface area (Å²) in [5.74, 6) is 1.93. The van der Waals surface area contributed by atoms with Crippen molar-refractivity contribution in [1.82, 2.24) is 0 Å². The molecule has 0 radical (unpaired) electrons. The molecule has 4 heteroatoms. The lowest BCUT2D eigenvalue weighted by Crippen LogP contribution is -2.05. The Balaban J connectivity index is 1.63. The fourth-order valence-corrected chi connectivity index (χ4v) is 3.77. The number of hydrogen-bond donors (Lipinski definition) is 1. The van der Waals surface area contributed by atoms with E-state index in [2.05, 4.69) is 0 Å². The van der Waals surface area contributed by atoms with E-state index in [9.17, 15) is 5.11 Å². The van der Waals surface area contributed by atoms with Crippen LogP contribution in [0, 0.1) is 0 Å². The van der Waals surface area contributed by atoms with Crippen molar-refractivity contribution in [1.29, 1.82) is 0 Å². The van der Waals surface area contributed by atoms with Gasteiger partial charge in [-0.05, 0) is 53.6 Å². The molecule has 0 atom stereocenters. The van der Waals surface area contributed by atoms with Crippen molar-refractivity contribution < 1.29 is 19.3 Å². The molecule has 35 heavy (non-hydrogen) atoms. The highest BCUT2D eigenvalue weighted by Crippen LogP contribution is 2.40. The minimum atomic E-state index is 0.187. The summed E-state index contributed by atoms with van der Waals surface area (Å²) in [7, 11) is 0. The fraction of sp³-hybridized carbons (Fsp3) is 0.226. The van der Waals surface area contributed by atoms with Crippen molar-refractivity contribution >= 4 is 0 Å². The normalized spacial score (nSPS) is 10.7. The topological polar surface area (TPSA) is 47.9 Å². The summed E-state index contributed by atoms with van der Waals surface area (Å²) in [6.45, 7) is 1.46. The quantitative estimate of drug-likeness (QED) is 0.221. The second-order valence-corrected chi connectivity index (χ2v) is 8.42. The van der Waals surface area contributed by atoms with Crippen LogP contribution in [0.2, 0.25) is 0 Å². The molecule has 4 nitrogen and oxygen atoms in total. The van der Waals surface area contributed by atoms with E-state index in [1.54, 1.807) is 0 Å². The van der Waals surface area contributed by atoms with Gasteiger partial charge >= 0.3 is 0 Å². The maximum Gasteiger partial charge on any atom is 0.203 e. The highest BCUT2D eigenvalue weighted by molar-refractivity contribution is 5.54. The number of unbranched alkanes of at least 4 members (excludes halogenated alkanes) is 1. The second-order valence-electron chi connectivity index (χ2n) is 8.42. The van der Waals surface area contributed by atoms with Crippen LogP contribution in [0.25, 0.3) is 0 Å². The third-order valence-corrected chi connectivity index (χ3v) is 5.65. The van der Waals surface area contributed by atoms with Crippen LogP contribution in [0.1, 0.15) is 35.1 Å². The fourth-order valence-electron chi connectivity index (χ4n) is 3.77. The van der Waals surface area contributed by atoms with Crippen molar-refractivity contribution in [2.45, 2.75) is 39.1 Å². The van der Waals surface area contributed by atoms with Crippen molar-refractivity contribution in [3.63, 3.8) is 0 Å². The Kier molecular flexibility index (Phi) is 9.20. The molecule has 0 saturated carbocycles. The molecular formula is C31H32O4. The predicted octanol–water partition coefficient (Wildman–Crippen LogP) is 6.74. The van der Waals surface area contributed by atoms with Gasteiger partial charge < -0.3 is 19.3 Å². The van der Waals surface area contributed by atoms with Gasteiger partial charge in [0.15, 0.2) is 11.5 Å². The van der Waals surface area contributed by atoms with E-state index < -0.39 is 0 Å². The molecule has 0 unspecified atom stereocenters. The van der Waals surface area contributed by atoms with Gasteiger partial charge in [0.2, 0.25) is 5.75 Å². The smallest absolute Gasteiger partial charge is 0.203 e. The molecule has 0 aliphatic rings. The number of rotatable bonds is 13. The molecular weight excluding hydrogens is 436 g/mol. The van der Waals surface area contributed by atoms with Crippen molar-refractivity contribution in [3.05, 3.63) is 125 Å². The van der Waals surface area contributed by atoms with Crippen LogP contribution in [-0.2, 0) is 26.2 Å². The largest absolute Gasteiger partial charge is 0.485 e. The van der Waals surface area contributed by atoms with Crippen LogP contribution >= 0.6 is 0 Å². The molecule has 0 bridgehead atoms. The average Bonchev–Trinajstić information content (AvgIpc) is 2.92. The molecule has 0 amide bonds. The van der Waals surface area contributed by atoms with Crippen molar-refractivity contribution in [3.8, 4) is 17.2 Å². The maximum absolute atomic E-state index is 9.23. The molecule has 0 spiro atoms. The third-order valence-electron chi connectivity index (χ3n) is 5.65. The minimum absolute atomic E-state index is 0.187. The minimum Gasteiger partial charge on any atom is -0.485 e. The van der Waals surface area contributed by atoms with Crippen LogP contribution in [-0.4, -0.2) is 11.7 Å². The number of ether oxygens (including phenoxy) is 3. The van der Waals surface area contributed by atoms with Gasteiger partial charge in [-0.2, -0.15) is 0 Å². The summed E-state index contributed by atoms with van der Waals surface area (Å²) in [5.41, 5.74) is 4.33. The van der Waals surface area contributed by atoms with Gasteiger partial charge in [-0.25, -0.2) is 0 Å². The Bertz CT molecular complexity index is 1080. The first-order chi connectivity index (χ1) is 17.3. The Morgan fingerprint density at radius 1 is 0.486 bits per heavy atom. The average molecular weight is 469 g/mol. The van der Waals surface area contributed by atoms with Gasteiger partial charge in [0.05, 0.1) is 0 Å². The Hall–Kier alpha value is -3.76. The second kappa shape index (κ2) is 13.2. The van der Waals surface area contributed by atoms with Gasteiger partial charge in [-0.15, -0.1) is 0 Å². The molecule has 180 valence electrons. The Morgan fingerprint density at radius 2 is 0.914 bits per heavy atom. The maximum atomic E-state index is 9.23. The van der Waals surface area contributed by atoms with Crippen LogP contribution in [0.3, 0.4) is 0 Å². The van der Waals surface area contributed by atoms with Crippen molar-refractivity contribution in [2.75, 3.05) is 6.61 Å². The Labute approximate surface area is 207 Å². The summed E-state index contributed by atoms with van der Waals surface area (Å²) >= 11 is 0. The first-order valence-corrected chi connectivity index (χ1v) is 12.1. The summed E-state index contributed by atoms with van der Waals surface area (Å²) in [4.78, 5) is 0. The van der Waals surface area contributed by atoms with Crippen molar-refractivity contribution in [2.24, 2.45) is 0 Å². The monoisotopic (exact) mass is 468 g/mol. The van der Waals surface area contributed by atoms with Gasteiger partial charge in [0, 0.05) is 6.61 Å². The highest BCUT2D eigenvalue weighted by atomic mass is 16.5. The molecule has 4 aromatic carbocycles. The highest BCUT2D eigenvalue weighted by Gasteiger charge is 2.17. The van der Waals surface area contributed by atoms with Crippen LogP contribution < -0.4 is 14.2 Å². The first-order valence-electron chi connectivity index (χ1n) is 12.1. The number of aryl methyl sites for hydroxylation is 1. The Morgan fingerprint density at radius 3 is 1.34 bits per heavy atom. The zero-order valence-corrected chi connectivity index (χ0v) is 19.9. The molecule has 0 fully saturated rings. The zero-order valence-electron chi connectivity index (χ0n) is 19.9. The lowest BCUT2D eigenvalue weighted by atomic mass is 10.1. The molecule has 1 N–H and O–H groups in total. The molecule has 0 aliphatic heterocycles. The van der Waals surface area contributed by atoms with E-state index in [1.807, 2.05) is 103 Å². The van der Waals surface area contributed by atoms with Crippen LogP contribution in [0.5, 0.6) is 17.2 Å². The predicted molar refractivity (Wildman–Crippen MR) is 139 cm³/mol. The van der Waals surface area contributed by atoms with Gasteiger partial charge in [-0.3, -0.25) is 0 Å². The zero-order chi connectivity index (χ0) is 24.1. The van der Waals surface area contributed by atoms with E-state index in [0.717, 1.165) is 41.5 Å². The van der Waals surface area contributed by atoms with Gasteiger partial charge in [-0.1, -0.05) is 91.0 Å². The first kappa shape index (κ1) is 24.4. The lowest BCUT2D eigenvalue weighted by molar-refractivity contribution is 0.229.